The predicted octanol–water partition coefficient (Wildman–Crippen LogP) is 2.83. The van der Waals surface area contributed by atoms with Crippen LogP contribution < -0.4 is 10.1 Å². The molecule has 0 bridgehead atoms. The monoisotopic (exact) mass is 442 g/mol. The van der Waals surface area contributed by atoms with E-state index in [0.717, 1.165) is 6.42 Å². The molecule has 1 radical (unpaired) electrons. The van der Waals surface area contributed by atoms with Crippen LogP contribution in [0.1, 0.15) is 26.7 Å². The van der Waals surface area contributed by atoms with Crippen LogP contribution in [0.5, 0.6) is 5.75 Å². The summed E-state index contributed by atoms with van der Waals surface area (Å²) in [5, 5.41) is 12.6. The molecular weight excluding hydrogens is 420 g/mol. The minimum atomic E-state index is -0.834. The van der Waals surface area contributed by atoms with Gasteiger partial charge in [0.15, 0.2) is 6.61 Å². The number of ether oxygens (including phenoxy) is 2. The third-order valence-corrected chi connectivity index (χ3v) is 3.75. The number of amides is 1. The maximum Gasteiger partial charge on any atom is 0.344 e. The number of rotatable bonds is 10. The molecule has 0 saturated heterocycles. The summed E-state index contributed by atoms with van der Waals surface area (Å²) in [5.41, 5.74) is 0. The van der Waals surface area contributed by atoms with Gasteiger partial charge >= 0.3 is 5.97 Å². The number of hydrogen-bond acceptors (Lipinski definition) is 5. The van der Waals surface area contributed by atoms with E-state index in [1.165, 1.54) is 12.1 Å². The minimum Gasteiger partial charge on any atom is -0.480 e. The van der Waals surface area contributed by atoms with Crippen molar-refractivity contribution < 1.29 is 42.7 Å². The number of esters is 1. The fourth-order valence-corrected chi connectivity index (χ4v) is 2.29. The number of aliphatic hydroxyl groups excluding tert-OH is 1. The van der Waals surface area contributed by atoms with Gasteiger partial charge in [0.25, 0.3) is 0 Å². The van der Waals surface area contributed by atoms with Gasteiger partial charge in [-0.3, -0.25) is 4.79 Å². The van der Waals surface area contributed by atoms with E-state index in [1.54, 1.807) is 6.07 Å². The summed E-state index contributed by atoms with van der Waals surface area (Å²) < 4.78 is 10.3. The van der Waals surface area contributed by atoms with Crippen LogP contribution in [0.4, 0.5) is 0 Å². The van der Waals surface area contributed by atoms with Crippen molar-refractivity contribution in [1.82, 2.24) is 5.32 Å². The zero-order chi connectivity index (χ0) is 18.8. The molecule has 1 unspecified atom stereocenters. The molecule has 0 aliphatic heterocycles. The van der Waals surface area contributed by atoms with E-state index in [1.807, 2.05) is 13.8 Å². The van der Waals surface area contributed by atoms with Crippen LogP contribution in [-0.4, -0.2) is 42.8 Å². The summed E-state index contributed by atoms with van der Waals surface area (Å²) in [6.07, 6.45) is 0.326. The average molecular weight is 443 g/mol. The van der Waals surface area contributed by atoms with Crippen LogP contribution in [-0.2, 0) is 32.9 Å². The second kappa shape index (κ2) is 13.3. The maximum atomic E-state index is 11.8. The molecule has 1 aromatic carbocycles. The smallest absolute Gasteiger partial charge is 0.344 e. The van der Waals surface area contributed by atoms with Crippen LogP contribution in [0, 0.1) is 5.92 Å². The molecule has 1 rings (SSSR count). The molecule has 2 N–H and O–H groups in total. The number of carbonyl (C=O) groups excluding carboxylic acids is 2. The maximum absolute atomic E-state index is 11.8. The third kappa shape index (κ3) is 10.3. The Kier molecular flexibility index (Phi) is 12.8. The van der Waals surface area contributed by atoms with E-state index in [9.17, 15) is 14.7 Å². The van der Waals surface area contributed by atoms with E-state index < -0.39 is 18.7 Å². The van der Waals surface area contributed by atoms with Gasteiger partial charge in [0.2, 0.25) is 5.91 Å². The second-order valence-corrected chi connectivity index (χ2v) is 6.74. The molecule has 0 saturated carbocycles. The molecule has 1 aromatic rings. The molecular formula is C17H23Cl2NO5V. The number of nitrogens with one attached hydrogen (secondary N) is 1. The van der Waals surface area contributed by atoms with Crippen LogP contribution in [0.2, 0.25) is 10.0 Å². The van der Waals surface area contributed by atoms with E-state index in [2.05, 4.69) is 5.32 Å². The Hall–Kier alpha value is -0.916. The van der Waals surface area contributed by atoms with Gasteiger partial charge in [-0.1, -0.05) is 37.0 Å². The van der Waals surface area contributed by atoms with Gasteiger partial charge in [-0.05, 0) is 30.5 Å². The van der Waals surface area contributed by atoms with Gasteiger partial charge in [0.05, 0.1) is 18.2 Å². The van der Waals surface area contributed by atoms with Crippen molar-refractivity contribution in [2.75, 3.05) is 19.8 Å². The molecule has 9 heteroatoms. The van der Waals surface area contributed by atoms with Crippen molar-refractivity contribution in [3.05, 3.63) is 28.2 Å². The van der Waals surface area contributed by atoms with Crippen molar-refractivity contribution in [1.29, 1.82) is 0 Å². The Morgan fingerprint density at radius 2 is 1.96 bits per heavy atom. The van der Waals surface area contributed by atoms with Gasteiger partial charge in [0.1, 0.15) is 11.9 Å². The minimum absolute atomic E-state index is 0. The number of hydrogen-bond donors (Lipinski definition) is 2. The summed E-state index contributed by atoms with van der Waals surface area (Å²) in [6, 6.07) is 4.61. The van der Waals surface area contributed by atoms with Gasteiger partial charge in [-0.2, -0.15) is 0 Å². The molecule has 0 aliphatic rings. The first kappa shape index (κ1) is 25.1. The molecule has 0 aromatic heterocycles. The summed E-state index contributed by atoms with van der Waals surface area (Å²) in [4.78, 5) is 23.4. The first-order valence-electron chi connectivity index (χ1n) is 7.96. The zero-order valence-corrected chi connectivity index (χ0v) is 17.6. The number of carbonyl (C=O) groups is 2. The average Bonchev–Trinajstić information content (AvgIpc) is 2.55. The topological polar surface area (TPSA) is 84.9 Å². The first-order chi connectivity index (χ1) is 11.8. The first-order valence-corrected chi connectivity index (χ1v) is 8.72. The van der Waals surface area contributed by atoms with Crippen LogP contribution in [0.15, 0.2) is 18.2 Å². The van der Waals surface area contributed by atoms with Crippen molar-refractivity contribution in [2.24, 2.45) is 5.92 Å². The fourth-order valence-electron chi connectivity index (χ4n) is 1.83. The van der Waals surface area contributed by atoms with Gasteiger partial charge in [0, 0.05) is 30.0 Å². The molecule has 1 amide bonds. The number of benzene rings is 1. The zero-order valence-electron chi connectivity index (χ0n) is 14.7. The van der Waals surface area contributed by atoms with Crippen LogP contribution in [0.3, 0.4) is 0 Å². The molecule has 6 nitrogen and oxygen atoms in total. The standard InChI is InChI=1S/C17H23Cl2NO5.V/c1-11(2)3-6-16(22)20-8-13(9-21)25-17(23)10-24-15-5-4-12(18)7-14(15)19;/h4-5,7,11,13,21H,3,6,8-10H2,1-2H3,(H,20,22);. The van der Waals surface area contributed by atoms with E-state index in [-0.39, 0.29) is 42.6 Å². The Morgan fingerprint density at radius 1 is 1.27 bits per heavy atom. The molecule has 0 fully saturated rings. The van der Waals surface area contributed by atoms with Crippen LogP contribution >= 0.6 is 23.2 Å². The summed E-state index contributed by atoms with van der Waals surface area (Å²) in [6.45, 7) is 3.31. The molecule has 0 spiro atoms. The molecule has 145 valence electrons. The van der Waals surface area contributed by atoms with E-state index in [0.29, 0.717) is 23.1 Å². The summed E-state index contributed by atoms with van der Waals surface area (Å²) >= 11 is 11.7. The SMILES string of the molecule is CC(C)CCC(=O)NCC(CO)OC(=O)COc1ccc(Cl)cc1Cl.[V]. The van der Waals surface area contributed by atoms with Crippen LogP contribution in [0.25, 0.3) is 0 Å². The van der Waals surface area contributed by atoms with Gasteiger partial charge in [-0.15, -0.1) is 0 Å². The largest absolute Gasteiger partial charge is 0.480 e. The van der Waals surface area contributed by atoms with Gasteiger partial charge < -0.3 is 19.9 Å². The molecule has 1 atom stereocenters. The third-order valence-electron chi connectivity index (χ3n) is 3.22. The Bertz CT molecular complexity index is 586. The van der Waals surface area contributed by atoms with Crippen molar-refractivity contribution in [3.8, 4) is 5.75 Å². The summed E-state index contributed by atoms with van der Waals surface area (Å²) in [5.74, 6) is -0.103. The Morgan fingerprint density at radius 3 is 2.54 bits per heavy atom. The Balaban J connectivity index is 0.00000625. The molecule has 0 heterocycles. The number of aliphatic hydroxyl groups is 1. The predicted molar refractivity (Wildman–Crippen MR) is 96.0 cm³/mol. The normalized spacial score (nSPS) is 11.5. The summed E-state index contributed by atoms with van der Waals surface area (Å²) in [7, 11) is 0. The van der Waals surface area contributed by atoms with E-state index >= 15 is 0 Å². The fraction of sp³-hybridized carbons (Fsp3) is 0.529. The van der Waals surface area contributed by atoms with E-state index in [4.69, 9.17) is 32.7 Å². The van der Waals surface area contributed by atoms with Gasteiger partial charge in [-0.25, -0.2) is 4.79 Å². The molecule has 26 heavy (non-hydrogen) atoms. The van der Waals surface area contributed by atoms with Crippen molar-refractivity contribution >= 4 is 35.1 Å². The number of halogens is 2. The molecule has 0 aliphatic carbocycles. The Labute approximate surface area is 175 Å². The quantitative estimate of drug-likeness (QED) is 0.544. The second-order valence-electron chi connectivity index (χ2n) is 5.89. The van der Waals surface area contributed by atoms with Crippen molar-refractivity contribution in [3.63, 3.8) is 0 Å². The van der Waals surface area contributed by atoms with Crippen molar-refractivity contribution in [2.45, 2.75) is 32.8 Å².